The molecule has 134 valence electrons. The van der Waals surface area contributed by atoms with Gasteiger partial charge in [0.05, 0.1) is 7.11 Å². The van der Waals surface area contributed by atoms with Crippen LogP contribution >= 0.6 is 0 Å². The van der Waals surface area contributed by atoms with Crippen LogP contribution in [0.25, 0.3) is 0 Å². The van der Waals surface area contributed by atoms with Gasteiger partial charge in [0, 0.05) is 18.3 Å². The van der Waals surface area contributed by atoms with Crippen molar-refractivity contribution < 1.29 is 4.74 Å². The molecule has 1 aromatic heterocycles. The summed E-state index contributed by atoms with van der Waals surface area (Å²) in [5.41, 5.74) is 4.70. The Morgan fingerprint density at radius 1 is 0.962 bits per heavy atom. The topological polar surface area (TPSA) is 59.1 Å². The summed E-state index contributed by atoms with van der Waals surface area (Å²) in [7, 11) is 1.70. The second-order valence-corrected chi connectivity index (χ2v) is 6.15. The average Bonchev–Trinajstić information content (AvgIpc) is 2.66. The fourth-order valence-corrected chi connectivity index (χ4v) is 2.78. The van der Waals surface area contributed by atoms with E-state index in [2.05, 4.69) is 52.6 Å². The van der Waals surface area contributed by atoms with Crippen LogP contribution in [0, 0.1) is 13.8 Å². The highest BCUT2D eigenvalue weighted by molar-refractivity contribution is 5.63. The van der Waals surface area contributed by atoms with Crippen molar-refractivity contribution >= 4 is 17.3 Å². The molecule has 0 amide bonds. The molecule has 0 spiro atoms. The summed E-state index contributed by atoms with van der Waals surface area (Å²) in [5, 5.41) is 6.72. The van der Waals surface area contributed by atoms with Crippen LogP contribution in [0.4, 0.5) is 17.3 Å². The molecule has 1 heterocycles. The summed E-state index contributed by atoms with van der Waals surface area (Å²) < 4.78 is 5.39. The predicted octanol–water partition coefficient (Wildman–Crippen LogP) is 4.50. The van der Waals surface area contributed by atoms with Gasteiger partial charge in [-0.3, -0.25) is 0 Å². The Bertz CT molecular complexity index is 879. The first kappa shape index (κ1) is 17.7. The minimum absolute atomic E-state index is 0.764. The molecule has 0 aliphatic carbocycles. The first-order valence-electron chi connectivity index (χ1n) is 8.68. The number of nitrogens with one attached hydrogen (secondary N) is 2. The highest BCUT2D eigenvalue weighted by Crippen LogP contribution is 2.22. The lowest BCUT2D eigenvalue weighted by Gasteiger charge is -2.12. The molecule has 0 radical (unpaired) electrons. The van der Waals surface area contributed by atoms with Crippen LogP contribution in [-0.4, -0.2) is 23.6 Å². The van der Waals surface area contributed by atoms with Crippen molar-refractivity contribution in [3.8, 4) is 5.75 Å². The molecular formula is C21H24N4O. The second-order valence-electron chi connectivity index (χ2n) is 6.15. The molecule has 0 unspecified atom stereocenters. The molecule has 0 bridgehead atoms. The second kappa shape index (κ2) is 8.34. The highest BCUT2D eigenvalue weighted by Gasteiger charge is 2.05. The van der Waals surface area contributed by atoms with E-state index < -0.39 is 0 Å². The van der Waals surface area contributed by atoms with Crippen molar-refractivity contribution in [2.45, 2.75) is 20.3 Å². The van der Waals surface area contributed by atoms with Gasteiger partial charge >= 0.3 is 0 Å². The van der Waals surface area contributed by atoms with Gasteiger partial charge in [0.1, 0.15) is 23.7 Å². The Labute approximate surface area is 154 Å². The molecule has 0 saturated carbocycles. The van der Waals surface area contributed by atoms with E-state index in [1.54, 1.807) is 13.4 Å². The van der Waals surface area contributed by atoms with Crippen LogP contribution in [0.15, 0.2) is 54.9 Å². The van der Waals surface area contributed by atoms with E-state index in [4.69, 9.17) is 4.74 Å². The van der Waals surface area contributed by atoms with Gasteiger partial charge < -0.3 is 15.4 Å². The number of aromatic nitrogens is 2. The van der Waals surface area contributed by atoms with Crippen LogP contribution in [0.5, 0.6) is 5.75 Å². The normalized spacial score (nSPS) is 10.4. The van der Waals surface area contributed by atoms with Crippen molar-refractivity contribution in [3.63, 3.8) is 0 Å². The van der Waals surface area contributed by atoms with Gasteiger partial charge in [-0.25, -0.2) is 9.97 Å². The lowest BCUT2D eigenvalue weighted by atomic mass is 10.1. The van der Waals surface area contributed by atoms with E-state index in [9.17, 15) is 0 Å². The third-order valence-corrected chi connectivity index (χ3v) is 4.43. The van der Waals surface area contributed by atoms with E-state index in [0.717, 1.165) is 36.0 Å². The minimum Gasteiger partial charge on any atom is -0.496 e. The SMILES string of the molecule is COc1ccccc1CCNc1cc(Nc2cccc(C)c2C)ncn1. The van der Waals surface area contributed by atoms with Crippen molar-refractivity contribution in [3.05, 3.63) is 71.5 Å². The lowest BCUT2D eigenvalue weighted by Crippen LogP contribution is -2.08. The van der Waals surface area contributed by atoms with E-state index >= 15 is 0 Å². The molecule has 5 nitrogen and oxygen atoms in total. The summed E-state index contributed by atoms with van der Waals surface area (Å²) in [6.07, 6.45) is 2.42. The zero-order valence-corrected chi connectivity index (χ0v) is 15.4. The summed E-state index contributed by atoms with van der Waals surface area (Å²) in [5.74, 6) is 2.48. The van der Waals surface area contributed by atoms with Gasteiger partial charge in [-0.15, -0.1) is 0 Å². The highest BCUT2D eigenvalue weighted by atomic mass is 16.5. The zero-order valence-electron chi connectivity index (χ0n) is 15.4. The Hall–Kier alpha value is -3.08. The number of hydrogen-bond donors (Lipinski definition) is 2. The van der Waals surface area contributed by atoms with Crippen molar-refractivity contribution in [2.75, 3.05) is 24.3 Å². The molecule has 3 aromatic rings. The molecule has 0 aliphatic rings. The maximum Gasteiger partial charge on any atom is 0.135 e. The van der Waals surface area contributed by atoms with Crippen LogP contribution in [0.2, 0.25) is 0 Å². The maximum absolute atomic E-state index is 5.39. The smallest absolute Gasteiger partial charge is 0.135 e. The van der Waals surface area contributed by atoms with Crippen LogP contribution < -0.4 is 15.4 Å². The van der Waals surface area contributed by atoms with Gasteiger partial charge in [-0.2, -0.15) is 0 Å². The fraction of sp³-hybridized carbons (Fsp3) is 0.238. The Balaban J connectivity index is 1.63. The molecule has 2 N–H and O–H groups in total. The summed E-state index contributed by atoms with van der Waals surface area (Å²) in [6, 6.07) is 16.2. The summed E-state index contributed by atoms with van der Waals surface area (Å²) >= 11 is 0. The number of benzene rings is 2. The number of para-hydroxylation sites is 1. The van der Waals surface area contributed by atoms with Crippen LogP contribution in [0.3, 0.4) is 0 Å². The predicted molar refractivity (Wildman–Crippen MR) is 106 cm³/mol. The van der Waals surface area contributed by atoms with Gasteiger partial charge in [0.25, 0.3) is 0 Å². The van der Waals surface area contributed by atoms with Crippen molar-refractivity contribution in [1.82, 2.24) is 9.97 Å². The standard InChI is InChI=1S/C21H24N4O/c1-15-7-6-9-18(16(15)2)25-21-13-20(23-14-24-21)22-12-11-17-8-4-5-10-19(17)26-3/h4-10,13-14H,11-12H2,1-3H3,(H2,22,23,24,25). The molecule has 26 heavy (non-hydrogen) atoms. The van der Waals surface area contributed by atoms with E-state index in [1.165, 1.54) is 16.7 Å². The number of hydrogen-bond acceptors (Lipinski definition) is 5. The fourth-order valence-electron chi connectivity index (χ4n) is 2.78. The van der Waals surface area contributed by atoms with E-state index in [1.807, 2.05) is 30.3 Å². The maximum atomic E-state index is 5.39. The lowest BCUT2D eigenvalue weighted by molar-refractivity contribution is 0.410. The zero-order chi connectivity index (χ0) is 18.4. The summed E-state index contributed by atoms with van der Waals surface area (Å²) in [6.45, 7) is 4.97. The number of rotatable bonds is 7. The van der Waals surface area contributed by atoms with Crippen LogP contribution in [0.1, 0.15) is 16.7 Å². The molecule has 3 rings (SSSR count). The molecule has 0 atom stereocenters. The Kier molecular flexibility index (Phi) is 5.69. The number of nitrogens with zero attached hydrogens (tertiary/aromatic N) is 2. The van der Waals surface area contributed by atoms with E-state index in [-0.39, 0.29) is 0 Å². The number of methoxy groups -OCH3 is 1. The van der Waals surface area contributed by atoms with Crippen molar-refractivity contribution in [1.29, 1.82) is 0 Å². The first-order valence-corrected chi connectivity index (χ1v) is 8.68. The van der Waals surface area contributed by atoms with Gasteiger partial charge in [-0.05, 0) is 49.1 Å². The molecule has 0 saturated heterocycles. The molecular weight excluding hydrogens is 324 g/mol. The average molecular weight is 348 g/mol. The molecule has 5 heteroatoms. The monoisotopic (exact) mass is 348 g/mol. The number of ether oxygens (including phenoxy) is 1. The number of aryl methyl sites for hydroxylation is 1. The Morgan fingerprint density at radius 2 is 1.77 bits per heavy atom. The summed E-state index contributed by atoms with van der Waals surface area (Å²) in [4.78, 5) is 8.62. The first-order chi connectivity index (χ1) is 12.7. The van der Waals surface area contributed by atoms with Crippen molar-refractivity contribution in [2.24, 2.45) is 0 Å². The minimum atomic E-state index is 0.764. The third kappa shape index (κ3) is 4.30. The third-order valence-electron chi connectivity index (χ3n) is 4.43. The van der Waals surface area contributed by atoms with Crippen LogP contribution in [-0.2, 0) is 6.42 Å². The largest absolute Gasteiger partial charge is 0.496 e. The van der Waals surface area contributed by atoms with E-state index in [0.29, 0.717) is 0 Å². The Morgan fingerprint density at radius 3 is 2.62 bits per heavy atom. The van der Waals surface area contributed by atoms with Gasteiger partial charge in [-0.1, -0.05) is 30.3 Å². The molecule has 0 aliphatic heterocycles. The van der Waals surface area contributed by atoms with Gasteiger partial charge in [0.15, 0.2) is 0 Å². The molecule has 2 aromatic carbocycles. The van der Waals surface area contributed by atoms with Gasteiger partial charge in [0.2, 0.25) is 0 Å². The number of anilines is 3. The quantitative estimate of drug-likeness (QED) is 0.658. The molecule has 0 fully saturated rings.